The van der Waals surface area contributed by atoms with Gasteiger partial charge in [0.25, 0.3) is 0 Å². The minimum absolute atomic E-state index is 0.838. The van der Waals surface area contributed by atoms with Gasteiger partial charge in [-0.15, -0.1) is 0 Å². The molecule has 1 aromatic rings. The van der Waals surface area contributed by atoms with Crippen molar-refractivity contribution in [3.8, 4) is 0 Å². The maximum Gasteiger partial charge on any atom is 0.0461 e. The first-order valence-electron chi connectivity index (χ1n) is 5.52. The molecule has 3 heteroatoms. The summed E-state index contributed by atoms with van der Waals surface area (Å²) >= 11 is 3.56. The number of hydrogen-bond acceptors (Lipinski definition) is 2. The van der Waals surface area contributed by atoms with Crippen LogP contribution in [0.1, 0.15) is 24.8 Å². The first-order valence-corrected chi connectivity index (χ1v) is 6.32. The normalized spacial score (nSPS) is 17.9. The van der Waals surface area contributed by atoms with Gasteiger partial charge < -0.3 is 5.73 Å². The Kier molecular flexibility index (Phi) is 3.65. The zero-order valence-corrected chi connectivity index (χ0v) is 10.5. The number of nitrogens with two attached hydrogens (primary N) is 1. The third kappa shape index (κ3) is 2.73. The predicted octanol–water partition coefficient (Wildman–Crippen LogP) is 3.02. The molecule has 2 rings (SSSR count). The third-order valence-corrected chi connectivity index (χ3v) is 3.92. The van der Waals surface area contributed by atoms with Gasteiger partial charge in [-0.25, -0.2) is 0 Å². The molecule has 1 aliphatic rings. The summed E-state index contributed by atoms with van der Waals surface area (Å²) in [5, 5.41) is 0. The molecular weight excluding hydrogens is 252 g/mol. The summed E-state index contributed by atoms with van der Waals surface area (Å²) in [6, 6.07) is 6.11. The van der Waals surface area contributed by atoms with Crippen molar-refractivity contribution in [2.45, 2.75) is 25.8 Å². The fourth-order valence-electron chi connectivity index (χ4n) is 2.08. The summed E-state index contributed by atoms with van der Waals surface area (Å²) in [4.78, 5) is 2.50. The van der Waals surface area contributed by atoms with Gasteiger partial charge in [-0.2, -0.15) is 0 Å². The average Bonchev–Trinajstić information content (AvgIpc) is 2.26. The van der Waals surface area contributed by atoms with E-state index in [0.29, 0.717) is 0 Å². The molecule has 0 aromatic heterocycles. The molecule has 0 amide bonds. The third-order valence-electron chi connectivity index (χ3n) is 2.95. The standard InChI is InChI=1S/C12H17BrN2/c13-12-10(5-4-6-11(12)14)9-15-7-2-1-3-8-15/h4-6H,1-3,7-9,14H2. The van der Waals surface area contributed by atoms with Crippen molar-refractivity contribution in [1.29, 1.82) is 0 Å². The van der Waals surface area contributed by atoms with Crippen molar-refractivity contribution in [3.63, 3.8) is 0 Å². The van der Waals surface area contributed by atoms with Crippen LogP contribution in [0.4, 0.5) is 5.69 Å². The topological polar surface area (TPSA) is 29.3 Å². The summed E-state index contributed by atoms with van der Waals surface area (Å²) in [5.74, 6) is 0. The molecule has 0 spiro atoms. The summed E-state index contributed by atoms with van der Waals surface area (Å²) in [5.41, 5.74) is 8.00. The molecule has 1 aromatic carbocycles. The Morgan fingerprint density at radius 1 is 1.20 bits per heavy atom. The number of rotatable bonds is 2. The molecular formula is C12H17BrN2. The van der Waals surface area contributed by atoms with Gasteiger partial charge in [-0.3, -0.25) is 4.90 Å². The fourth-order valence-corrected chi connectivity index (χ4v) is 2.47. The molecule has 1 saturated heterocycles. The highest BCUT2D eigenvalue weighted by molar-refractivity contribution is 9.10. The van der Waals surface area contributed by atoms with Gasteiger partial charge in [-0.1, -0.05) is 18.6 Å². The van der Waals surface area contributed by atoms with Crippen LogP contribution in [0, 0.1) is 0 Å². The average molecular weight is 269 g/mol. The molecule has 1 fully saturated rings. The zero-order chi connectivity index (χ0) is 10.7. The molecule has 0 aliphatic carbocycles. The lowest BCUT2D eigenvalue weighted by atomic mass is 10.1. The van der Waals surface area contributed by atoms with Crippen molar-refractivity contribution >= 4 is 21.6 Å². The largest absolute Gasteiger partial charge is 0.398 e. The van der Waals surface area contributed by atoms with E-state index in [0.717, 1.165) is 16.7 Å². The molecule has 0 unspecified atom stereocenters. The first kappa shape index (κ1) is 11.0. The molecule has 0 atom stereocenters. The molecule has 1 heterocycles. The molecule has 15 heavy (non-hydrogen) atoms. The molecule has 0 bridgehead atoms. The van der Waals surface area contributed by atoms with Crippen molar-refractivity contribution in [2.24, 2.45) is 0 Å². The Morgan fingerprint density at radius 2 is 1.93 bits per heavy atom. The van der Waals surface area contributed by atoms with Gasteiger partial charge >= 0.3 is 0 Å². The SMILES string of the molecule is Nc1cccc(CN2CCCCC2)c1Br. The monoisotopic (exact) mass is 268 g/mol. The molecule has 0 radical (unpaired) electrons. The molecule has 2 N–H and O–H groups in total. The van der Waals surface area contributed by atoms with Gasteiger partial charge in [0.2, 0.25) is 0 Å². The summed E-state index contributed by atoms with van der Waals surface area (Å²) in [7, 11) is 0. The minimum atomic E-state index is 0.838. The summed E-state index contributed by atoms with van der Waals surface area (Å²) in [6.07, 6.45) is 4.05. The Morgan fingerprint density at radius 3 is 2.67 bits per heavy atom. The Labute approximate surface area is 99.6 Å². The molecule has 0 saturated carbocycles. The quantitative estimate of drug-likeness (QED) is 0.836. The number of nitrogens with zero attached hydrogens (tertiary/aromatic N) is 1. The van der Waals surface area contributed by atoms with Crippen molar-refractivity contribution in [1.82, 2.24) is 4.90 Å². The van der Waals surface area contributed by atoms with E-state index in [1.54, 1.807) is 0 Å². The van der Waals surface area contributed by atoms with E-state index in [-0.39, 0.29) is 0 Å². The molecule has 82 valence electrons. The highest BCUT2D eigenvalue weighted by Crippen LogP contribution is 2.25. The fraction of sp³-hybridized carbons (Fsp3) is 0.500. The number of halogens is 1. The van der Waals surface area contributed by atoms with Gasteiger partial charge in [0, 0.05) is 16.7 Å². The number of hydrogen-bond donors (Lipinski definition) is 1. The van der Waals surface area contributed by atoms with E-state index in [1.165, 1.54) is 37.9 Å². The van der Waals surface area contributed by atoms with E-state index in [4.69, 9.17) is 5.73 Å². The zero-order valence-electron chi connectivity index (χ0n) is 8.88. The van der Waals surface area contributed by atoms with E-state index >= 15 is 0 Å². The van der Waals surface area contributed by atoms with Crippen molar-refractivity contribution in [2.75, 3.05) is 18.8 Å². The van der Waals surface area contributed by atoms with Crippen LogP contribution in [0.15, 0.2) is 22.7 Å². The van der Waals surface area contributed by atoms with Crippen LogP contribution in [-0.4, -0.2) is 18.0 Å². The lowest BCUT2D eigenvalue weighted by Gasteiger charge is -2.26. The molecule has 1 aliphatic heterocycles. The van der Waals surface area contributed by atoms with Crippen molar-refractivity contribution < 1.29 is 0 Å². The second-order valence-electron chi connectivity index (χ2n) is 4.16. The van der Waals surface area contributed by atoms with Crippen LogP contribution in [0.3, 0.4) is 0 Å². The van der Waals surface area contributed by atoms with Crippen LogP contribution >= 0.6 is 15.9 Å². The summed E-state index contributed by atoms with van der Waals surface area (Å²) < 4.78 is 1.07. The van der Waals surface area contributed by atoms with Crippen LogP contribution < -0.4 is 5.73 Å². The van der Waals surface area contributed by atoms with Gasteiger partial charge in [0.1, 0.15) is 0 Å². The number of likely N-dealkylation sites (tertiary alicyclic amines) is 1. The van der Waals surface area contributed by atoms with Gasteiger partial charge in [-0.05, 0) is 53.5 Å². The number of piperidine rings is 1. The Bertz CT molecular complexity index is 332. The lowest BCUT2D eigenvalue weighted by Crippen LogP contribution is -2.29. The lowest BCUT2D eigenvalue weighted by molar-refractivity contribution is 0.220. The van der Waals surface area contributed by atoms with E-state index in [1.807, 2.05) is 12.1 Å². The smallest absolute Gasteiger partial charge is 0.0461 e. The van der Waals surface area contributed by atoms with Gasteiger partial charge in [0.15, 0.2) is 0 Å². The Hall–Kier alpha value is -0.540. The van der Waals surface area contributed by atoms with Crippen LogP contribution in [0.2, 0.25) is 0 Å². The first-order chi connectivity index (χ1) is 7.27. The van der Waals surface area contributed by atoms with E-state index in [9.17, 15) is 0 Å². The van der Waals surface area contributed by atoms with Gasteiger partial charge in [0.05, 0.1) is 0 Å². The highest BCUT2D eigenvalue weighted by Gasteiger charge is 2.12. The molecule has 2 nitrogen and oxygen atoms in total. The second-order valence-corrected chi connectivity index (χ2v) is 4.95. The van der Waals surface area contributed by atoms with E-state index in [2.05, 4.69) is 26.9 Å². The number of benzene rings is 1. The maximum absolute atomic E-state index is 5.86. The minimum Gasteiger partial charge on any atom is -0.398 e. The highest BCUT2D eigenvalue weighted by atomic mass is 79.9. The Balaban J connectivity index is 2.06. The maximum atomic E-state index is 5.86. The number of nitrogen functional groups attached to an aromatic ring is 1. The summed E-state index contributed by atoms with van der Waals surface area (Å²) in [6.45, 7) is 3.47. The van der Waals surface area contributed by atoms with Crippen LogP contribution in [0.25, 0.3) is 0 Å². The second kappa shape index (κ2) is 4.99. The number of anilines is 1. The van der Waals surface area contributed by atoms with Crippen LogP contribution in [0.5, 0.6) is 0 Å². The van der Waals surface area contributed by atoms with Crippen molar-refractivity contribution in [3.05, 3.63) is 28.2 Å². The van der Waals surface area contributed by atoms with E-state index < -0.39 is 0 Å². The predicted molar refractivity (Wildman–Crippen MR) is 67.7 cm³/mol. The van der Waals surface area contributed by atoms with Crippen LogP contribution in [-0.2, 0) is 6.54 Å².